The Kier molecular flexibility index (Phi) is 4.09. The number of aromatic nitrogens is 2. The van der Waals surface area contributed by atoms with E-state index in [-0.39, 0.29) is 12.5 Å². The first kappa shape index (κ1) is 12.8. The van der Waals surface area contributed by atoms with E-state index in [0.717, 1.165) is 10.0 Å². The van der Waals surface area contributed by atoms with Crippen molar-refractivity contribution in [2.24, 2.45) is 0 Å². The fourth-order valence-electron chi connectivity index (χ4n) is 1.49. The topological polar surface area (TPSA) is 68.0 Å². The zero-order valence-electron chi connectivity index (χ0n) is 9.81. The Morgan fingerprint density at radius 2 is 2.33 bits per heavy atom. The van der Waals surface area contributed by atoms with Crippen LogP contribution in [0.15, 0.2) is 33.3 Å². The lowest BCUT2D eigenvalue weighted by atomic mass is 10.1. The Morgan fingerprint density at radius 3 is 3.00 bits per heavy atom. The molecule has 0 saturated carbocycles. The molecule has 2 aromatic rings. The van der Waals surface area contributed by atoms with Gasteiger partial charge in [-0.25, -0.2) is 0 Å². The number of carbonyl (C=O) groups is 1. The molecule has 1 aromatic heterocycles. The molecule has 0 unspecified atom stereocenters. The van der Waals surface area contributed by atoms with Crippen molar-refractivity contribution in [1.29, 1.82) is 0 Å². The zero-order chi connectivity index (χ0) is 13.0. The van der Waals surface area contributed by atoms with E-state index >= 15 is 0 Å². The number of hydrogen-bond donors (Lipinski definition) is 1. The Morgan fingerprint density at radius 1 is 1.50 bits per heavy atom. The van der Waals surface area contributed by atoms with Gasteiger partial charge in [0.05, 0.1) is 13.0 Å². The van der Waals surface area contributed by atoms with Gasteiger partial charge in [0.15, 0.2) is 5.82 Å². The van der Waals surface area contributed by atoms with Crippen molar-refractivity contribution < 1.29 is 9.32 Å². The van der Waals surface area contributed by atoms with Crippen LogP contribution in [0.3, 0.4) is 0 Å². The van der Waals surface area contributed by atoms with Crippen molar-refractivity contribution >= 4 is 21.8 Å². The molecule has 18 heavy (non-hydrogen) atoms. The Balaban J connectivity index is 1.85. The van der Waals surface area contributed by atoms with Crippen LogP contribution in [-0.4, -0.2) is 16.0 Å². The molecule has 0 aliphatic rings. The molecule has 2 rings (SSSR count). The number of benzene rings is 1. The van der Waals surface area contributed by atoms with E-state index in [1.807, 2.05) is 24.3 Å². The van der Waals surface area contributed by atoms with Crippen molar-refractivity contribution in [2.75, 3.05) is 0 Å². The molecule has 94 valence electrons. The van der Waals surface area contributed by atoms with E-state index in [1.165, 1.54) is 0 Å². The molecule has 0 aliphatic carbocycles. The SMILES string of the molecule is Cc1nc(CNC(=O)Cc2cccc(Br)c2)no1. The van der Waals surface area contributed by atoms with E-state index in [2.05, 4.69) is 31.4 Å². The average molecular weight is 310 g/mol. The van der Waals surface area contributed by atoms with Crippen molar-refractivity contribution in [2.45, 2.75) is 19.9 Å². The van der Waals surface area contributed by atoms with Crippen LogP contribution in [0.4, 0.5) is 0 Å². The molecule has 5 nitrogen and oxygen atoms in total. The fraction of sp³-hybridized carbons (Fsp3) is 0.250. The van der Waals surface area contributed by atoms with Crippen molar-refractivity contribution in [1.82, 2.24) is 15.5 Å². The molecule has 0 bridgehead atoms. The molecule has 0 radical (unpaired) electrons. The van der Waals surface area contributed by atoms with Crippen LogP contribution in [0.5, 0.6) is 0 Å². The molecular weight excluding hydrogens is 298 g/mol. The Labute approximate surface area is 113 Å². The Bertz CT molecular complexity index is 554. The minimum absolute atomic E-state index is 0.0736. The maximum Gasteiger partial charge on any atom is 0.224 e. The molecule has 6 heteroatoms. The second-order valence-corrected chi connectivity index (χ2v) is 4.73. The number of nitrogens with zero attached hydrogens (tertiary/aromatic N) is 2. The highest BCUT2D eigenvalue weighted by atomic mass is 79.9. The first-order valence-corrected chi connectivity index (χ1v) is 6.23. The number of hydrogen-bond acceptors (Lipinski definition) is 4. The van der Waals surface area contributed by atoms with Crippen LogP contribution in [0.1, 0.15) is 17.3 Å². The van der Waals surface area contributed by atoms with Gasteiger partial charge in [-0.2, -0.15) is 4.98 Å². The van der Waals surface area contributed by atoms with Crippen molar-refractivity contribution in [3.8, 4) is 0 Å². The van der Waals surface area contributed by atoms with E-state index in [4.69, 9.17) is 4.52 Å². The van der Waals surface area contributed by atoms with E-state index in [9.17, 15) is 4.79 Å². The van der Waals surface area contributed by atoms with Gasteiger partial charge < -0.3 is 9.84 Å². The largest absolute Gasteiger partial charge is 0.348 e. The predicted molar refractivity (Wildman–Crippen MR) is 68.7 cm³/mol. The Hall–Kier alpha value is -1.69. The summed E-state index contributed by atoms with van der Waals surface area (Å²) in [4.78, 5) is 15.7. The normalized spacial score (nSPS) is 10.3. The quantitative estimate of drug-likeness (QED) is 0.938. The lowest BCUT2D eigenvalue weighted by molar-refractivity contribution is -0.120. The molecule has 0 spiro atoms. The number of carbonyl (C=O) groups excluding carboxylic acids is 1. The summed E-state index contributed by atoms with van der Waals surface area (Å²) in [5.74, 6) is 0.900. The summed E-state index contributed by atoms with van der Waals surface area (Å²) in [6.45, 7) is 1.99. The lowest BCUT2D eigenvalue weighted by Gasteiger charge is -2.03. The molecule has 0 saturated heterocycles. The highest BCUT2D eigenvalue weighted by Gasteiger charge is 2.06. The number of nitrogens with one attached hydrogen (secondary N) is 1. The van der Waals surface area contributed by atoms with Crippen LogP contribution >= 0.6 is 15.9 Å². The molecule has 1 heterocycles. The van der Waals surface area contributed by atoms with Crippen LogP contribution in [0.2, 0.25) is 0 Å². The van der Waals surface area contributed by atoms with Gasteiger partial charge in [0.2, 0.25) is 11.8 Å². The molecule has 0 fully saturated rings. The second-order valence-electron chi connectivity index (χ2n) is 3.81. The van der Waals surface area contributed by atoms with E-state index in [1.54, 1.807) is 6.92 Å². The van der Waals surface area contributed by atoms with Gasteiger partial charge in [0.25, 0.3) is 0 Å². The van der Waals surface area contributed by atoms with Crippen LogP contribution in [0.25, 0.3) is 0 Å². The van der Waals surface area contributed by atoms with Gasteiger partial charge in [-0.15, -0.1) is 0 Å². The summed E-state index contributed by atoms with van der Waals surface area (Å²) in [5, 5.41) is 6.44. The third-order valence-electron chi connectivity index (χ3n) is 2.27. The van der Waals surface area contributed by atoms with Gasteiger partial charge in [-0.1, -0.05) is 33.2 Å². The van der Waals surface area contributed by atoms with E-state index < -0.39 is 0 Å². The minimum Gasteiger partial charge on any atom is -0.348 e. The van der Waals surface area contributed by atoms with Crippen LogP contribution < -0.4 is 5.32 Å². The monoisotopic (exact) mass is 309 g/mol. The van der Waals surface area contributed by atoms with Crippen LogP contribution in [0, 0.1) is 6.92 Å². The number of halogens is 1. The van der Waals surface area contributed by atoms with Crippen molar-refractivity contribution in [3.05, 3.63) is 46.0 Å². The molecular formula is C12H12BrN3O2. The maximum atomic E-state index is 11.7. The molecule has 1 N–H and O–H groups in total. The van der Waals surface area contributed by atoms with Gasteiger partial charge in [-0.3, -0.25) is 4.79 Å². The smallest absolute Gasteiger partial charge is 0.224 e. The lowest BCUT2D eigenvalue weighted by Crippen LogP contribution is -2.25. The second kappa shape index (κ2) is 5.77. The van der Waals surface area contributed by atoms with Crippen LogP contribution in [-0.2, 0) is 17.8 Å². The molecule has 1 aromatic carbocycles. The third kappa shape index (κ3) is 3.66. The third-order valence-corrected chi connectivity index (χ3v) is 2.76. The number of amides is 1. The highest BCUT2D eigenvalue weighted by molar-refractivity contribution is 9.10. The summed E-state index contributed by atoms with van der Waals surface area (Å²) in [6.07, 6.45) is 0.330. The summed E-state index contributed by atoms with van der Waals surface area (Å²) in [7, 11) is 0. The summed E-state index contributed by atoms with van der Waals surface area (Å²) in [5.41, 5.74) is 0.950. The summed E-state index contributed by atoms with van der Waals surface area (Å²) >= 11 is 3.37. The van der Waals surface area contributed by atoms with Gasteiger partial charge in [0.1, 0.15) is 0 Å². The summed E-state index contributed by atoms with van der Waals surface area (Å²) < 4.78 is 5.77. The highest BCUT2D eigenvalue weighted by Crippen LogP contribution is 2.11. The first-order chi connectivity index (χ1) is 8.63. The fourth-order valence-corrected chi connectivity index (χ4v) is 1.93. The van der Waals surface area contributed by atoms with E-state index in [0.29, 0.717) is 18.1 Å². The summed E-state index contributed by atoms with van der Waals surface area (Å²) in [6, 6.07) is 7.64. The van der Waals surface area contributed by atoms with Gasteiger partial charge in [-0.05, 0) is 17.7 Å². The van der Waals surface area contributed by atoms with Gasteiger partial charge in [0, 0.05) is 11.4 Å². The molecule has 1 amide bonds. The minimum atomic E-state index is -0.0736. The molecule has 0 aliphatic heterocycles. The average Bonchev–Trinajstić information content (AvgIpc) is 2.73. The standard InChI is InChI=1S/C12H12BrN3O2/c1-8-15-11(16-18-8)7-14-12(17)6-9-3-2-4-10(13)5-9/h2-5H,6-7H2,1H3,(H,14,17). The molecule has 0 atom stereocenters. The van der Waals surface area contributed by atoms with Crippen molar-refractivity contribution in [3.63, 3.8) is 0 Å². The zero-order valence-corrected chi connectivity index (χ0v) is 11.4. The van der Waals surface area contributed by atoms with Gasteiger partial charge >= 0.3 is 0 Å². The first-order valence-electron chi connectivity index (χ1n) is 5.44. The maximum absolute atomic E-state index is 11.7. The number of rotatable bonds is 4. The number of aryl methyl sites for hydroxylation is 1. The predicted octanol–water partition coefficient (Wildman–Crippen LogP) is 2.00.